The van der Waals surface area contributed by atoms with Crippen LogP contribution in [0.25, 0.3) is 10.9 Å². The van der Waals surface area contributed by atoms with Crippen molar-refractivity contribution in [3.8, 4) is 0 Å². The van der Waals surface area contributed by atoms with Crippen molar-refractivity contribution >= 4 is 22.4 Å². The predicted octanol–water partition coefficient (Wildman–Crippen LogP) is 2.59. The number of rotatable bonds is 5. The number of anilines is 1. The number of benzene rings is 1. The Hall–Kier alpha value is -2.21. The van der Waals surface area contributed by atoms with Crippen LogP contribution in [-0.2, 0) is 4.74 Å². The summed E-state index contributed by atoms with van der Waals surface area (Å²) in [6.45, 7) is 2.57. The molecular formula is C13H15N3O3. The van der Waals surface area contributed by atoms with Crippen LogP contribution in [0.1, 0.15) is 6.92 Å². The molecule has 1 N–H and O–H groups in total. The van der Waals surface area contributed by atoms with Gasteiger partial charge in [0.1, 0.15) is 5.82 Å². The smallest absolute Gasteiger partial charge is 0.270 e. The van der Waals surface area contributed by atoms with Gasteiger partial charge in [-0.25, -0.2) is 4.98 Å². The fourth-order valence-corrected chi connectivity index (χ4v) is 1.85. The minimum atomic E-state index is -0.410. The van der Waals surface area contributed by atoms with E-state index in [1.165, 1.54) is 12.1 Å². The van der Waals surface area contributed by atoms with Gasteiger partial charge in [-0.05, 0) is 25.1 Å². The molecule has 1 heterocycles. The van der Waals surface area contributed by atoms with Gasteiger partial charge in [-0.1, -0.05) is 0 Å². The predicted molar refractivity (Wildman–Crippen MR) is 73.4 cm³/mol. The zero-order valence-electron chi connectivity index (χ0n) is 10.8. The molecule has 1 unspecified atom stereocenters. The van der Waals surface area contributed by atoms with Crippen molar-refractivity contribution in [3.05, 3.63) is 40.4 Å². The highest BCUT2D eigenvalue weighted by Crippen LogP contribution is 2.21. The lowest BCUT2D eigenvalue weighted by molar-refractivity contribution is -0.384. The zero-order valence-corrected chi connectivity index (χ0v) is 10.8. The molecule has 0 spiro atoms. The number of nitrogens with zero attached hydrogens (tertiary/aromatic N) is 2. The summed E-state index contributed by atoms with van der Waals surface area (Å²) in [6.07, 6.45) is 0. The molecule has 0 bridgehead atoms. The van der Waals surface area contributed by atoms with Gasteiger partial charge in [-0.3, -0.25) is 10.1 Å². The van der Waals surface area contributed by atoms with Crippen molar-refractivity contribution in [2.24, 2.45) is 0 Å². The lowest BCUT2D eigenvalue weighted by Crippen LogP contribution is -2.21. The van der Waals surface area contributed by atoms with E-state index in [1.54, 1.807) is 19.2 Å². The normalized spacial score (nSPS) is 12.3. The van der Waals surface area contributed by atoms with Crippen LogP contribution in [-0.4, -0.2) is 29.7 Å². The second kappa shape index (κ2) is 5.62. The summed E-state index contributed by atoms with van der Waals surface area (Å²) in [5, 5.41) is 14.6. The van der Waals surface area contributed by atoms with Crippen LogP contribution in [0.3, 0.4) is 0 Å². The van der Waals surface area contributed by atoms with E-state index in [9.17, 15) is 10.1 Å². The lowest BCUT2D eigenvalue weighted by atomic mass is 10.2. The van der Waals surface area contributed by atoms with Crippen LogP contribution in [0.2, 0.25) is 0 Å². The highest BCUT2D eigenvalue weighted by Gasteiger charge is 2.08. The lowest BCUT2D eigenvalue weighted by Gasteiger charge is -2.13. The highest BCUT2D eigenvalue weighted by molar-refractivity contribution is 5.82. The molecule has 0 amide bonds. The van der Waals surface area contributed by atoms with Crippen LogP contribution in [0.5, 0.6) is 0 Å². The molecule has 0 fully saturated rings. The molecule has 0 radical (unpaired) electrons. The number of hydrogen-bond acceptors (Lipinski definition) is 5. The van der Waals surface area contributed by atoms with Crippen molar-refractivity contribution in [1.29, 1.82) is 0 Å². The minimum absolute atomic E-state index is 0.0720. The van der Waals surface area contributed by atoms with E-state index >= 15 is 0 Å². The molecule has 6 heteroatoms. The van der Waals surface area contributed by atoms with Crippen molar-refractivity contribution in [2.45, 2.75) is 13.0 Å². The monoisotopic (exact) mass is 261 g/mol. The third-order valence-electron chi connectivity index (χ3n) is 2.69. The summed E-state index contributed by atoms with van der Waals surface area (Å²) in [7, 11) is 1.64. The molecule has 2 rings (SSSR count). The van der Waals surface area contributed by atoms with Gasteiger partial charge in [-0.15, -0.1) is 0 Å². The van der Waals surface area contributed by atoms with Crippen molar-refractivity contribution in [2.75, 3.05) is 19.0 Å². The second-order valence-electron chi connectivity index (χ2n) is 4.33. The van der Waals surface area contributed by atoms with E-state index in [4.69, 9.17) is 4.74 Å². The van der Waals surface area contributed by atoms with Gasteiger partial charge < -0.3 is 10.1 Å². The third-order valence-corrected chi connectivity index (χ3v) is 2.69. The number of nitrogens with one attached hydrogen (secondary N) is 1. The second-order valence-corrected chi connectivity index (χ2v) is 4.33. The van der Waals surface area contributed by atoms with E-state index in [0.29, 0.717) is 6.61 Å². The van der Waals surface area contributed by atoms with Gasteiger partial charge >= 0.3 is 0 Å². The first kappa shape index (κ1) is 13.2. The fourth-order valence-electron chi connectivity index (χ4n) is 1.85. The van der Waals surface area contributed by atoms with Gasteiger partial charge in [0.2, 0.25) is 0 Å². The molecule has 1 aromatic heterocycles. The Kier molecular flexibility index (Phi) is 3.91. The van der Waals surface area contributed by atoms with E-state index in [2.05, 4.69) is 10.3 Å². The summed E-state index contributed by atoms with van der Waals surface area (Å²) in [5.41, 5.74) is 0.794. The van der Waals surface area contributed by atoms with Crippen LogP contribution < -0.4 is 5.32 Å². The SMILES string of the molecule is COCC(C)Nc1ccc2cc([N+](=O)[O-])ccc2n1. The maximum Gasteiger partial charge on any atom is 0.270 e. The number of methoxy groups -OCH3 is 1. The van der Waals surface area contributed by atoms with Gasteiger partial charge in [-0.2, -0.15) is 0 Å². The van der Waals surface area contributed by atoms with Crippen LogP contribution >= 0.6 is 0 Å². The Balaban J connectivity index is 2.26. The summed E-state index contributed by atoms with van der Waals surface area (Å²) in [5.74, 6) is 0.728. The molecular weight excluding hydrogens is 246 g/mol. The van der Waals surface area contributed by atoms with Crippen LogP contribution in [0.15, 0.2) is 30.3 Å². The van der Waals surface area contributed by atoms with Gasteiger partial charge in [0.15, 0.2) is 0 Å². The molecule has 100 valence electrons. The van der Waals surface area contributed by atoms with E-state index in [0.717, 1.165) is 16.7 Å². The molecule has 0 aliphatic rings. The zero-order chi connectivity index (χ0) is 13.8. The number of nitro benzene ring substituents is 1. The van der Waals surface area contributed by atoms with Crippen molar-refractivity contribution in [1.82, 2.24) is 4.98 Å². The largest absolute Gasteiger partial charge is 0.383 e. The molecule has 1 atom stereocenters. The summed E-state index contributed by atoms with van der Waals surface area (Å²) in [4.78, 5) is 14.7. The van der Waals surface area contributed by atoms with E-state index in [1.807, 2.05) is 13.0 Å². The first-order valence-electron chi connectivity index (χ1n) is 5.91. The Morgan fingerprint density at radius 1 is 1.42 bits per heavy atom. The van der Waals surface area contributed by atoms with Gasteiger partial charge in [0, 0.05) is 30.7 Å². The number of fused-ring (bicyclic) bond motifs is 1. The molecule has 0 aliphatic carbocycles. The Labute approximate surface area is 110 Å². The molecule has 1 aromatic carbocycles. The number of pyridine rings is 1. The fraction of sp³-hybridized carbons (Fsp3) is 0.308. The third kappa shape index (κ3) is 3.17. The average molecular weight is 261 g/mol. The molecule has 0 saturated heterocycles. The maximum absolute atomic E-state index is 10.7. The summed E-state index contributed by atoms with van der Waals surface area (Å²) in [6, 6.07) is 8.39. The van der Waals surface area contributed by atoms with Crippen molar-refractivity contribution in [3.63, 3.8) is 0 Å². The Morgan fingerprint density at radius 3 is 2.89 bits per heavy atom. The van der Waals surface area contributed by atoms with Crippen LogP contribution in [0.4, 0.5) is 11.5 Å². The molecule has 19 heavy (non-hydrogen) atoms. The number of non-ortho nitro benzene ring substituents is 1. The number of hydrogen-bond donors (Lipinski definition) is 1. The molecule has 0 saturated carbocycles. The number of aromatic nitrogens is 1. The highest BCUT2D eigenvalue weighted by atomic mass is 16.6. The van der Waals surface area contributed by atoms with Crippen LogP contribution in [0, 0.1) is 10.1 Å². The average Bonchev–Trinajstić information content (AvgIpc) is 2.38. The summed E-state index contributed by atoms with van der Waals surface area (Å²) >= 11 is 0. The Bertz CT molecular complexity index is 601. The first-order chi connectivity index (χ1) is 9.10. The quantitative estimate of drug-likeness (QED) is 0.661. The Morgan fingerprint density at radius 2 is 2.21 bits per heavy atom. The molecule has 0 aliphatic heterocycles. The first-order valence-corrected chi connectivity index (χ1v) is 5.91. The minimum Gasteiger partial charge on any atom is -0.383 e. The standard InChI is InChI=1S/C13H15N3O3/c1-9(8-19-2)14-13-6-3-10-7-11(16(17)18)4-5-12(10)15-13/h3-7,9H,8H2,1-2H3,(H,14,15). The number of nitro groups is 1. The number of ether oxygens (including phenoxy) is 1. The van der Waals surface area contributed by atoms with E-state index < -0.39 is 4.92 Å². The topological polar surface area (TPSA) is 77.3 Å². The van der Waals surface area contributed by atoms with Gasteiger partial charge in [0.25, 0.3) is 5.69 Å². The summed E-state index contributed by atoms with van der Waals surface area (Å²) < 4.78 is 5.04. The van der Waals surface area contributed by atoms with E-state index in [-0.39, 0.29) is 11.7 Å². The molecule has 6 nitrogen and oxygen atoms in total. The van der Waals surface area contributed by atoms with Crippen molar-refractivity contribution < 1.29 is 9.66 Å². The molecule has 2 aromatic rings. The maximum atomic E-state index is 10.7. The van der Waals surface area contributed by atoms with Gasteiger partial charge in [0.05, 0.1) is 17.0 Å².